The van der Waals surface area contributed by atoms with Crippen molar-refractivity contribution in [3.8, 4) is 5.82 Å². The smallest absolute Gasteiger partial charge is 0.255 e. The van der Waals surface area contributed by atoms with Gasteiger partial charge in [-0.2, -0.15) is 0 Å². The number of hydrogen-bond donors (Lipinski definition) is 0. The van der Waals surface area contributed by atoms with Gasteiger partial charge in [0.15, 0.2) is 0 Å². The van der Waals surface area contributed by atoms with Gasteiger partial charge in [-0.3, -0.25) is 9.36 Å². The lowest BCUT2D eigenvalue weighted by atomic mass is 10.2. The van der Waals surface area contributed by atoms with Gasteiger partial charge in [-0.25, -0.2) is 9.97 Å². The summed E-state index contributed by atoms with van der Waals surface area (Å²) in [6, 6.07) is 7.33. The second-order valence-corrected chi connectivity index (χ2v) is 6.54. The highest BCUT2D eigenvalue weighted by atomic mass is 35.5. The number of hydrogen-bond acceptors (Lipinski definition) is 4. The fourth-order valence-corrected chi connectivity index (χ4v) is 3.16. The van der Waals surface area contributed by atoms with E-state index in [0.29, 0.717) is 12.1 Å². The standard InChI is InChI=1S/C15H13ClN4OS/c1-19(9-12-3-4-13(16)22-12)15(21)11-2-5-14(18-8-11)20-7-6-17-10-20/h2-8,10H,9H2,1H3. The Morgan fingerprint density at radius 2 is 2.23 bits per heavy atom. The molecule has 0 atom stereocenters. The molecule has 112 valence electrons. The number of aromatic nitrogens is 3. The number of halogens is 1. The maximum Gasteiger partial charge on any atom is 0.255 e. The molecule has 0 unspecified atom stereocenters. The number of carbonyl (C=O) groups excluding carboxylic acids is 1. The van der Waals surface area contributed by atoms with Crippen LogP contribution >= 0.6 is 22.9 Å². The van der Waals surface area contributed by atoms with Gasteiger partial charge in [0.2, 0.25) is 0 Å². The van der Waals surface area contributed by atoms with E-state index in [9.17, 15) is 4.79 Å². The number of thiophene rings is 1. The van der Waals surface area contributed by atoms with Gasteiger partial charge < -0.3 is 4.90 Å². The first-order valence-corrected chi connectivity index (χ1v) is 7.77. The molecule has 1 amide bonds. The van der Waals surface area contributed by atoms with Crippen molar-refractivity contribution >= 4 is 28.8 Å². The zero-order chi connectivity index (χ0) is 15.5. The Balaban J connectivity index is 1.71. The van der Waals surface area contributed by atoms with Crippen LogP contribution in [0.25, 0.3) is 5.82 Å². The van der Waals surface area contributed by atoms with E-state index < -0.39 is 0 Å². The van der Waals surface area contributed by atoms with Gasteiger partial charge in [0.25, 0.3) is 5.91 Å². The fourth-order valence-electron chi connectivity index (χ4n) is 2.02. The van der Waals surface area contributed by atoms with Crippen molar-refractivity contribution in [2.24, 2.45) is 0 Å². The summed E-state index contributed by atoms with van der Waals surface area (Å²) in [6.45, 7) is 0.527. The zero-order valence-corrected chi connectivity index (χ0v) is 13.4. The van der Waals surface area contributed by atoms with Gasteiger partial charge in [0, 0.05) is 30.5 Å². The predicted molar refractivity (Wildman–Crippen MR) is 86.5 cm³/mol. The molecule has 0 aliphatic heterocycles. The highest BCUT2D eigenvalue weighted by Gasteiger charge is 2.13. The molecule has 0 aliphatic rings. The van der Waals surface area contributed by atoms with Crippen molar-refractivity contribution in [1.29, 1.82) is 0 Å². The number of imidazole rings is 1. The highest BCUT2D eigenvalue weighted by molar-refractivity contribution is 7.16. The Bertz CT molecular complexity index is 767. The number of amides is 1. The van der Waals surface area contributed by atoms with Gasteiger partial charge in [-0.15, -0.1) is 11.3 Å². The van der Waals surface area contributed by atoms with Crippen molar-refractivity contribution in [1.82, 2.24) is 19.4 Å². The predicted octanol–water partition coefficient (Wildman–Crippen LogP) is 3.25. The van der Waals surface area contributed by atoms with Crippen LogP contribution in [-0.4, -0.2) is 32.4 Å². The van der Waals surface area contributed by atoms with E-state index in [1.165, 1.54) is 11.3 Å². The SMILES string of the molecule is CN(Cc1ccc(Cl)s1)C(=O)c1ccc(-n2ccnc2)nc1. The average molecular weight is 333 g/mol. The van der Waals surface area contributed by atoms with Gasteiger partial charge in [0.1, 0.15) is 12.1 Å². The molecule has 0 radical (unpaired) electrons. The molecule has 22 heavy (non-hydrogen) atoms. The Morgan fingerprint density at radius 1 is 1.36 bits per heavy atom. The van der Waals surface area contributed by atoms with Gasteiger partial charge >= 0.3 is 0 Å². The quantitative estimate of drug-likeness (QED) is 0.737. The van der Waals surface area contributed by atoms with Crippen LogP contribution in [0.4, 0.5) is 0 Å². The molecule has 7 heteroatoms. The first-order chi connectivity index (χ1) is 10.6. The van der Waals surface area contributed by atoms with E-state index in [2.05, 4.69) is 9.97 Å². The zero-order valence-electron chi connectivity index (χ0n) is 11.8. The summed E-state index contributed by atoms with van der Waals surface area (Å²) in [5.41, 5.74) is 0.550. The first-order valence-electron chi connectivity index (χ1n) is 6.57. The van der Waals surface area contributed by atoms with Crippen molar-refractivity contribution in [3.63, 3.8) is 0 Å². The van der Waals surface area contributed by atoms with E-state index in [1.54, 1.807) is 53.6 Å². The lowest BCUT2D eigenvalue weighted by Gasteiger charge is -2.16. The molecule has 3 aromatic rings. The average Bonchev–Trinajstić information content (AvgIpc) is 3.18. The van der Waals surface area contributed by atoms with Gasteiger partial charge in [-0.05, 0) is 24.3 Å². The normalized spacial score (nSPS) is 10.6. The maximum absolute atomic E-state index is 12.4. The summed E-state index contributed by atoms with van der Waals surface area (Å²) >= 11 is 7.38. The van der Waals surface area contributed by atoms with Crippen LogP contribution < -0.4 is 0 Å². The van der Waals surface area contributed by atoms with Crippen molar-refractivity contribution < 1.29 is 4.79 Å². The third kappa shape index (κ3) is 3.18. The molecule has 0 aromatic carbocycles. The molecule has 0 bridgehead atoms. The minimum Gasteiger partial charge on any atom is -0.337 e. The molecular weight excluding hydrogens is 320 g/mol. The molecule has 5 nitrogen and oxygen atoms in total. The third-order valence-corrected chi connectivity index (χ3v) is 4.35. The number of pyridine rings is 1. The first kappa shape index (κ1) is 14.7. The van der Waals surface area contributed by atoms with Gasteiger partial charge in [-0.1, -0.05) is 11.6 Å². The van der Waals surface area contributed by atoms with Crippen LogP contribution in [0, 0.1) is 0 Å². The largest absolute Gasteiger partial charge is 0.337 e. The second kappa shape index (κ2) is 6.29. The van der Waals surface area contributed by atoms with Crippen LogP contribution in [0.5, 0.6) is 0 Å². The summed E-state index contributed by atoms with van der Waals surface area (Å²) in [7, 11) is 1.76. The Hall–Kier alpha value is -2.18. The summed E-state index contributed by atoms with van der Waals surface area (Å²) in [4.78, 5) is 23.4. The minimum atomic E-state index is -0.0748. The Labute approximate surface area is 136 Å². The fraction of sp³-hybridized carbons (Fsp3) is 0.133. The monoisotopic (exact) mass is 332 g/mol. The van der Waals surface area contributed by atoms with Crippen LogP contribution in [0.2, 0.25) is 4.34 Å². The number of rotatable bonds is 4. The van der Waals surface area contributed by atoms with Crippen LogP contribution in [-0.2, 0) is 6.54 Å². The van der Waals surface area contributed by atoms with Gasteiger partial charge in [0.05, 0.1) is 16.4 Å². The van der Waals surface area contributed by atoms with E-state index in [0.717, 1.165) is 15.0 Å². The lowest BCUT2D eigenvalue weighted by Crippen LogP contribution is -2.25. The van der Waals surface area contributed by atoms with E-state index >= 15 is 0 Å². The number of nitrogens with zero attached hydrogens (tertiary/aromatic N) is 4. The van der Waals surface area contributed by atoms with Crippen molar-refractivity contribution in [2.45, 2.75) is 6.54 Å². The molecule has 3 rings (SSSR count). The molecule has 0 spiro atoms. The van der Waals surface area contributed by atoms with E-state index in [4.69, 9.17) is 11.6 Å². The minimum absolute atomic E-state index is 0.0748. The lowest BCUT2D eigenvalue weighted by molar-refractivity contribution is 0.0786. The summed E-state index contributed by atoms with van der Waals surface area (Å²) in [5, 5.41) is 0. The van der Waals surface area contributed by atoms with Crippen LogP contribution in [0.3, 0.4) is 0 Å². The summed E-state index contributed by atoms with van der Waals surface area (Å²) in [6.07, 6.45) is 6.73. The van der Waals surface area contributed by atoms with Crippen LogP contribution in [0.15, 0.2) is 49.2 Å². The van der Waals surface area contributed by atoms with E-state index in [1.807, 2.05) is 12.1 Å². The summed E-state index contributed by atoms with van der Waals surface area (Å²) in [5.74, 6) is 0.649. The third-order valence-electron chi connectivity index (χ3n) is 3.13. The molecule has 0 fully saturated rings. The molecule has 3 heterocycles. The summed E-state index contributed by atoms with van der Waals surface area (Å²) < 4.78 is 2.51. The number of carbonyl (C=O) groups is 1. The molecule has 3 aromatic heterocycles. The molecular formula is C15H13ClN4OS. The highest BCUT2D eigenvalue weighted by Crippen LogP contribution is 2.22. The van der Waals surface area contributed by atoms with Crippen molar-refractivity contribution in [2.75, 3.05) is 7.05 Å². The topological polar surface area (TPSA) is 51.0 Å². The van der Waals surface area contributed by atoms with Crippen LogP contribution in [0.1, 0.15) is 15.2 Å². The Kier molecular flexibility index (Phi) is 4.22. The van der Waals surface area contributed by atoms with E-state index in [-0.39, 0.29) is 5.91 Å². The molecule has 0 aliphatic carbocycles. The molecule has 0 N–H and O–H groups in total. The molecule has 0 saturated carbocycles. The maximum atomic E-state index is 12.4. The Morgan fingerprint density at radius 3 is 2.82 bits per heavy atom. The second-order valence-electron chi connectivity index (χ2n) is 4.74. The van der Waals surface area contributed by atoms with Crippen molar-refractivity contribution in [3.05, 3.63) is 64.0 Å². The molecule has 0 saturated heterocycles.